The average molecular weight is 479 g/mol. The van der Waals surface area contributed by atoms with E-state index in [1.165, 1.54) is 31.3 Å². The van der Waals surface area contributed by atoms with E-state index in [1.807, 2.05) is 32.0 Å². The molecule has 0 bridgehead atoms. The van der Waals surface area contributed by atoms with Crippen molar-refractivity contribution in [2.75, 3.05) is 19.1 Å². The number of rotatable bonds is 5. The fraction of sp³-hybridized carbons (Fsp3) is 0.192. The van der Waals surface area contributed by atoms with Crippen LogP contribution in [-0.2, 0) is 9.59 Å². The van der Waals surface area contributed by atoms with Gasteiger partial charge in [0, 0.05) is 24.1 Å². The van der Waals surface area contributed by atoms with Crippen molar-refractivity contribution in [3.63, 3.8) is 0 Å². The molecule has 0 saturated carbocycles. The first-order valence-corrected chi connectivity index (χ1v) is 10.9. The number of pyridine rings is 1. The van der Waals surface area contributed by atoms with Gasteiger partial charge in [-0.1, -0.05) is 23.7 Å². The number of hydrogen-bond donors (Lipinski definition) is 1. The molecule has 1 fully saturated rings. The molecule has 1 amide bonds. The first-order valence-electron chi connectivity index (χ1n) is 10.5. The van der Waals surface area contributed by atoms with E-state index in [1.54, 1.807) is 24.5 Å². The van der Waals surface area contributed by atoms with Gasteiger partial charge < -0.3 is 14.6 Å². The van der Waals surface area contributed by atoms with Crippen LogP contribution in [-0.4, -0.2) is 36.0 Å². The first kappa shape index (κ1) is 23.3. The number of anilines is 1. The zero-order valence-electron chi connectivity index (χ0n) is 19.1. The Balaban J connectivity index is 2.02. The van der Waals surface area contributed by atoms with E-state index >= 15 is 0 Å². The fourth-order valence-electron chi connectivity index (χ4n) is 4.11. The molecule has 2 aromatic carbocycles. The maximum absolute atomic E-state index is 13.4. The summed E-state index contributed by atoms with van der Waals surface area (Å²) in [6, 6.07) is 11.2. The van der Waals surface area contributed by atoms with E-state index in [4.69, 9.17) is 21.1 Å². The highest BCUT2D eigenvalue weighted by atomic mass is 35.5. The highest BCUT2D eigenvalue weighted by Crippen LogP contribution is 2.45. The number of aliphatic hydroxyl groups is 1. The Hall–Kier alpha value is -3.84. The first-order chi connectivity index (χ1) is 16.3. The lowest BCUT2D eigenvalue weighted by atomic mass is 9.95. The third-order valence-corrected chi connectivity index (χ3v) is 6.11. The molecule has 1 N–H and O–H groups in total. The minimum atomic E-state index is -0.880. The molecule has 0 radical (unpaired) electrons. The highest BCUT2D eigenvalue weighted by molar-refractivity contribution is 6.51. The number of aliphatic hydroxyl groups excluding tert-OH is 1. The van der Waals surface area contributed by atoms with Gasteiger partial charge in [-0.05, 0) is 54.8 Å². The number of ether oxygens (including phenoxy) is 2. The van der Waals surface area contributed by atoms with Crippen LogP contribution in [0.4, 0.5) is 5.69 Å². The summed E-state index contributed by atoms with van der Waals surface area (Å²) in [7, 11) is 2.86. The number of benzene rings is 2. The number of carbonyl (C=O) groups is 2. The summed E-state index contributed by atoms with van der Waals surface area (Å²) < 4.78 is 10.7. The fourth-order valence-corrected chi connectivity index (χ4v) is 4.34. The van der Waals surface area contributed by atoms with Crippen LogP contribution in [0, 0.1) is 13.8 Å². The van der Waals surface area contributed by atoms with Crippen molar-refractivity contribution in [2.45, 2.75) is 19.9 Å². The van der Waals surface area contributed by atoms with Crippen molar-refractivity contribution in [1.29, 1.82) is 0 Å². The van der Waals surface area contributed by atoms with E-state index in [9.17, 15) is 14.7 Å². The van der Waals surface area contributed by atoms with Crippen LogP contribution in [0.15, 0.2) is 60.4 Å². The molecule has 1 aliphatic rings. The Kier molecular flexibility index (Phi) is 6.30. The Morgan fingerprint density at radius 1 is 1.00 bits per heavy atom. The number of halogens is 1. The quantitative estimate of drug-likeness (QED) is 0.315. The van der Waals surface area contributed by atoms with Crippen molar-refractivity contribution in [3.8, 4) is 11.5 Å². The standard InChI is InChI=1S/C26H23ClN2O5/c1-14-5-6-15(2)19(11-14)29-23(16-7-9-28-10-8-16)22(25(31)26(29)32)24(30)17-12-21(34-4)18(27)13-20(17)33-3/h5-13,23,30H,1-4H3/b24-22+. The molecular formula is C26H23ClN2O5. The summed E-state index contributed by atoms with van der Waals surface area (Å²) in [5.74, 6) is -1.42. The van der Waals surface area contributed by atoms with Crippen molar-refractivity contribution >= 4 is 34.7 Å². The summed E-state index contributed by atoms with van der Waals surface area (Å²) >= 11 is 6.22. The van der Waals surface area contributed by atoms with Gasteiger partial charge in [-0.3, -0.25) is 19.5 Å². The smallest absolute Gasteiger partial charge is 0.300 e. The second-order valence-electron chi connectivity index (χ2n) is 7.93. The van der Waals surface area contributed by atoms with Crippen molar-refractivity contribution in [2.24, 2.45) is 0 Å². The number of hydrogen-bond acceptors (Lipinski definition) is 6. The minimum absolute atomic E-state index is 0.0696. The zero-order chi connectivity index (χ0) is 24.6. The molecule has 1 unspecified atom stereocenters. The average Bonchev–Trinajstić information content (AvgIpc) is 3.10. The molecule has 4 rings (SSSR count). The van der Waals surface area contributed by atoms with Crippen molar-refractivity contribution in [3.05, 3.63) is 87.7 Å². The molecule has 0 aliphatic carbocycles. The number of carbonyl (C=O) groups excluding carboxylic acids is 2. The monoisotopic (exact) mass is 478 g/mol. The molecule has 1 aliphatic heterocycles. The van der Waals surface area contributed by atoms with Crippen LogP contribution >= 0.6 is 11.6 Å². The number of aromatic nitrogens is 1. The number of amides is 1. The Morgan fingerprint density at radius 3 is 2.32 bits per heavy atom. The van der Waals surface area contributed by atoms with E-state index in [0.29, 0.717) is 11.3 Å². The minimum Gasteiger partial charge on any atom is -0.507 e. The topological polar surface area (TPSA) is 89.0 Å². The maximum Gasteiger partial charge on any atom is 0.300 e. The number of nitrogens with zero attached hydrogens (tertiary/aromatic N) is 2. The van der Waals surface area contributed by atoms with Gasteiger partial charge in [0.2, 0.25) is 0 Å². The molecule has 174 valence electrons. The van der Waals surface area contributed by atoms with Crippen LogP contribution in [0.1, 0.15) is 28.3 Å². The van der Waals surface area contributed by atoms with Gasteiger partial charge in [0.15, 0.2) is 0 Å². The van der Waals surface area contributed by atoms with E-state index in [0.717, 1.165) is 11.1 Å². The molecular weight excluding hydrogens is 456 g/mol. The van der Waals surface area contributed by atoms with Gasteiger partial charge in [0.25, 0.3) is 11.7 Å². The molecule has 1 aromatic heterocycles. The van der Waals surface area contributed by atoms with E-state index in [-0.39, 0.29) is 33.4 Å². The SMILES string of the molecule is COc1cc(/C(O)=C2\C(=O)C(=O)N(c3cc(C)ccc3C)C2c2ccncc2)c(OC)cc1Cl. The molecule has 8 heteroatoms. The van der Waals surface area contributed by atoms with E-state index in [2.05, 4.69) is 4.98 Å². The summed E-state index contributed by atoms with van der Waals surface area (Å²) in [5.41, 5.74) is 3.07. The molecule has 2 heterocycles. The normalized spacial score (nSPS) is 17.2. The molecule has 7 nitrogen and oxygen atoms in total. The highest BCUT2D eigenvalue weighted by Gasteiger charge is 2.47. The predicted molar refractivity (Wildman–Crippen MR) is 129 cm³/mol. The van der Waals surface area contributed by atoms with Gasteiger partial charge in [0.1, 0.15) is 17.3 Å². The third kappa shape index (κ3) is 3.88. The Labute approximate surface area is 202 Å². The molecule has 0 spiro atoms. The summed E-state index contributed by atoms with van der Waals surface area (Å²) in [5, 5.41) is 11.7. The van der Waals surface area contributed by atoms with Crippen molar-refractivity contribution in [1.82, 2.24) is 4.98 Å². The lowest BCUT2D eigenvalue weighted by Crippen LogP contribution is -2.30. The van der Waals surface area contributed by atoms with Gasteiger partial charge in [-0.2, -0.15) is 0 Å². The largest absolute Gasteiger partial charge is 0.507 e. The number of ketones is 1. The lowest BCUT2D eigenvalue weighted by molar-refractivity contribution is -0.132. The van der Waals surface area contributed by atoms with Gasteiger partial charge in [0.05, 0.1) is 36.4 Å². The summed E-state index contributed by atoms with van der Waals surface area (Å²) in [6.45, 7) is 3.77. The number of Topliss-reactive ketones (excluding diaryl/α,β-unsaturated/α-hetero) is 1. The Bertz CT molecular complexity index is 1320. The zero-order valence-corrected chi connectivity index (χ0v) is 19.9. The van der Waals surface area contributed by atoms with Gasteiger partial charge >= 0.3 is 0 Å². The van der Waals surface area contributed by atoms with Crippen LogP contribution in [0.5, 0.6) is 11.5 Å². The summed E-state index contributed by atoms with van der Waals surface area (Å²) in [4.78, 5) is 32.2. The molecule has 1 saturated heterocycles. The predicted octanol–water partition coefficient (Wildman–Crippen LogP) is 5.00. The van der Waals surface area contributed by atoms with E-state index < -0.39 is 17.7 Å². The second-order valence-corrected chi connectivity index (χ2v) is 8.33. The van der Waals surface area contributed by atoms with Crippen molar-refractivity contribution < 1.29 is 24.2 Å². The third-order valence-electron chi connectivity index (χ3n) is 5.82. The Morgan fingerprint density at radius 2 is 1.68 bits per heavy atom. The van der Waals surface area contributed by atoms with Gasteiger partial charge in [-0.15, -0.1) is 0 Å². The molecule has 1 atom stereocenters. The summed E-state index contributed by atoms with van der Waals surface area (Å²) in [6.07, 6.45) is 3.15. The van der Waals surface area contributed by atoms with Crippen LogP contribution in [0.25, 0.3) is 5.76 Å². The second kappa shape index (κ2) is 9.19. The maximum atomic E-state index is 13.4. The van der Waals surface area contributed by atoms with Crippen LogP contribution in [0.3, 0.4) is 0 Å². The number of methoxy groups -OCH3 is 2. The number of aryl methyl sites for hydroxylation is 2. The molecule has 34 heavy (non-hydrogen) atoms. The van der Waals surface area contributed by atoms with Gasteiger partial charge in [-0.25, -0.2) is 0 Å². The lowest BCUT2D eigenvalue weighted by Gasteiger charge is -2.27. The van der Waals surface area contributed by atoms with Crippen LogP contribution < -0.4 is 14.4 Å². The van der Waals surface area contributed by atoms with Crippen LogP contribution in [0.2, 0.25) is 5.02 Å². The molecule has 3 aromatic rings.